The van der Waals surface area contributed by atoms with Gasteiger partial charge in [0, 0.05) is 22.9 Å². The van der Waals surface area contributed by atoms with Crippen molar-refractivity contribution in [3.8, 4) is 28.1 Å². The van der Waals surface area contributed by atoms with Crippen LogP contribution in [0.25, 0.3) is 34.1 Å². The van der Waals surface area contributed by atoms with Gasteiger partial charge >= 0.3 is 5.97 Å². The van der Waals surface area contributed by atoms with Gasteiger partial charge in [-0.05, 0) is 41.5 Å². The SMILES string of the molecule is O=C1OC(c2ccccc2)=N/C1=C\c1cn(-c2ccccc2)nc1-c1ccc(-c2ccccc2)cc1. The van der Waals surface area contributed by atoms with Crippen LogP contribution in [0.2, 0.25) is 0 Å². The summed E-state index contributed by atoms with van der Waals surface area (Å²) < 4.78 is 7.26. The minimum atomic E-state index is -0.480. The molecule has 6 rings (SSSR count). The molecule has 0 saturated heterocycles. The van der Waals surface area contributed by atoms with Gasteiger partial charge in [-0.25, -0.2) is 14.5 Å². The third-order valence-corrected chi connectivity index (χ3v) is 5.96. The lowest BCUT2D eigenvalue weighted by molar-refractivity contribution is -0.129. The summed E-state index contributed by atoms with van der Waals surface area (Å²) in [5.41, 5.74) is 6.66. The van der Waals surface area contributed by atoms with Crippen molar-refractivity contribution < 1.29 is 9.53 Å². The van der Waals surface area contributed by atoms with Crippen molar-refractivity contribution in [1.29, 1.82) is 0 Å². The number of carbonyl (C=O) groups is 1. The van der Waals surface area contributed by atoms with Crippen LogP contribution in [0.3, 0.4) is 0 Å². The number of hydrogen-bond acceptors (Lipinski definition) is 4. The van der Waals surface area contributed by atoms with Gasteiger partial charge in [-0.15, -0.1) is 0 Å². The van der Waals surface area contributed by atoms with Crippen molar-refractivity contribution in [2.24, 2.45) is 4.99 Å². The highest BCUT2D eigenvalue weighted by Gasteiger charge is 2.25. The van der Waals surface area contributed by atoms with Crippen LogP contribution in [0.15, 0.2) is 132 Å². The van der Waals surface area contributed by atoms with E-state index in [9.17, 15) is 4.79 Å². The highest BCUT2D eigenvalue weighted by Crippen LogP contribution is 2.30. The molecule has 0 amide bonds. The Kier molecular flexibility index (Phi) is 5.56. The highest BCUT2D eigenvalue weighted by molar-refractivity contribution is 6.13. The van der Waals surface area contributed by atoms with Crippen LogP contribution in [0.5, 0.6) is 0 Å². The van der Waals surface area contributed by atoms with E-state index in [1.165, 1.54) is 0 Å². The number of benzene rings is 4. The molecular weight excluding hydrogens is 446 g/mol. The first kappa shape index (κ1) is 21.5. The van der Waals surface area contributed by atoms with Crippen LogP contribution in [-0.2, 0) is 9.53 Å². The number of cyclic esters (lactones) is 1. The molecule has 0 N–H and O–H groups in total. The largest absolute Gasteiger partial charge is 0.402 e. The highest BCUT2D eigenvalue weighted by atomic mass is 16.6. The Balaban J connectivity index is 1.42. The summed E-state index contributed by atoms with van der Waals surface area (Å²) in [7, 11) is 0. The molecular formula is C31H21N3O2. The fourth-order valence-corrected chi connectivity index (χ4v) is 4.14. The van der Waals surface area contributed by atoms with Crippen molar-refractivity contribution in [3.05, 3.63) is 138 Å². The average molecular weight is 468 g/mol. The third kappa shape index (κ3) is 4.26. The topological polar surface area (TPSA) is 56.5 Å². The molecule has 1 aliphatic heterocycles. The smallest absolute Gasteiger partial charge is 0.363 e. The zero-order valence-corrected chi connectivity index (χ0v) is 19.3. The number of hydrogen-bond donors (Lipinski definition) is 0. The van der Waals surface area contributed by atoms with Crippen molar-refractivity contribution in [1.82, 2.24) is 9.78 Å². The molecule has 1 aromatic heterocycles. The summed E-state index contributed by atoms with van der Waals surface area (Å²) in [6, 6.07) is 37.8. The number of aliphatic imine (C=N–C) groups is 1. The Bertz CT molecular complexity index is 1580. The van der Waals surface area contributed by atoms with Gasteiger partial charge in [-0.1, -0.05) is 91.0 Å². The molecule has 5 nitrogen and oxygen atoms in total. The Morgan fingerprint density at radius 1 is 0.639 bits per heavy atom. The van der Waals surface area contributed by atoms with Crippen LogP contribution in [0.4, 0.5) is 0 Å². The molecule has 0 saturated carbocycles. The van der Waals surface area contributed by atoms with Gasteiger partial charge in [0.25, 0.3) is 0 Å². The fourth-order valence-electron chi connectivity index (χ4n) is 4.14. The van der Waals surface area contributed by atoms with Gasteiger partial charge in [0.1, 0.15) is 5.69 Å². The van der Waals surface area contributed by atoms with Crippen molar-refractivity contribution >= 4 is 17.9 Å². The molecule has 0 atom stereocenters. The first-order valence-electron chi connectivity index (χ1n) is 11.6. The number of para-hydroxylation sites is 1. The van der Waals surface area contributed by atoms with Gasteiger partial charge < -0.3 is 4.74 Å². The van der Waals surface area contributed by atoms with E-state index in [-0.39, 0.29) is 5.70 Å². The van der Waals surface area contributed by atoms with Crippen molar-refractivity contribution in [2.75, 3.05) is 0 Å². The number of rotatable bonds is 5. The second kappa shape index (κ2) is 9.31. The Morgan fingerprint density at radius 3 is 1.86 bits per heavy atom. The zero-order chi connectivity index (χ0) is 24.3. The minimum absolute atomic E-state index is 0.239. The molecule has 0 radical (unpaired) electrons. The first-order valence-corrected chi connectivity index (χ1v) is 11.6. The molecule has 0 fully saturated rings. The number of ether oxygens (including phenoxy) is 1. The van der Waals surface area contributed by atoms with E-state index in [0.717, 1.165) is 39.2 Å². The van der Waals surface area contributed by atoms with Crippen molar-refractivity contribution in [2.45, 2.75) is 0 Å². The summed E-state index contributed by atoms with van der Waals surface area (Å²) >= 11 is 0. The Morgan fingerprint density at radius 2 is 1.19 bits per heavy atom. The Labute approximate surface area is 208 Å². The monoisotopic (exact) mass is 467 g/mol. The summed E-state index contributed by atoms with van der Waals surface area (Å²) in [6.45, 7) is 0. The molecule has 0 bridgehead atoms. The van der Waals surface area contributed by atoms with Crippen LogP contribution in [-0.4, -0.2) is 21.6 Å². The molecule has 0 unspecified atom stereocenters. The zero-order valence-electron chi connectivity index (χ0n) is 19.3. The van der Waals surface area contributed by atoms with E-state index >= 15 is 0 Å². The van der Waals surface area contributed by atoms with Gasteiger partial charge in [0.2, 0.25) is 5.90 Å². The maximum absolute atomic E-state index is 12.7. The molecule has 0 aliphatic carbocycles. The predicted octanol–water partition coefficient (Wildman–Crippen LogP) is 6.55. The maximum atomic E-state index is 12.7. The normalized spacial score (nSPS) is 14.1. The van der Waals surface area contributed by atoms with Crippen LogP contribution in [0, 0.1) is 0 Å². The standard InChI is InChI=1S/C31H21N3O2/c35-31-28(32-30(36-31)25-12-6-2-7-13-25)20-26-21-34(27-14-8-3-9-15-27)33-29(26)24-18-16-23(17-19-24)22-10-4-1-5-11-22/h1-21H/b28-20-. The summed E-state index contributed by atoms with van der Waals surface area (Å²) in [4.78, 5) is 17.1. The lowest BCUT2D eigenvalue weighted by Crippen LogP contribution is -2.04. The minimum Gasteiger partial charge on any atom is -0.402 e. The number of carbonyl (C=O) groups excluding carboxylic acids is 1. The molecule has 0 spiro atoms. The summed E-state index contributed by atoms with van der Waals surface area (Å²) in [5, 5.41) is 4.87. The van der Waals surface area contributed by atoms with Gasteiger partial charge in [0.05, 0.1) is 5.69 Å². The Hall–Kier alpha value is -5.03. The second-order valence-corrected chi connectivity index (χ2v) is 8.36. The summed E-state index contributed by atoms with van der Waals surface area (Å²) in [5.74, 6) is -0.178. The molecule has 5 aromatic rings. The number of aromatic nitrogens is 2. The van der Waals surface area contributed by atoms with E-state index in [4.69, 9.17) is 9.84 Å². The maximum Gasteiger partial charge on any atom is 0.363 e. The van der Waals surface area contributed by atoms with E-state index < -0.39 is 5.97 Å². The second-order valence-electron chi connectivity index (χ2n) is 8.36. The number of esters is 1. The average Bonchev–Trinajstić information content (AvgIpc) is 3.54. The molecule has 5 heteroatoms. The lowest BCUT2D eigenvalue weighted by atomic mass is 10.0. The van der Waals surface area contributed by atoms with E-state index in [0.29, 0.717) is 5.90 Å². The van der Waals surface area contributed by atoms with Crippen LogP contribution in [0.1, 0.15) is 11.1 Å². The van der Waals surface area contributed by atoms with Crippen LogP contribution < -0.4 is 0 Å². The van der Waals surface area contributed by atoms with E-state index in [1.54, 1.807) is 6.08 Å². The first-order chi connectivity index (χ1) is 17.7. The van der Waals surface area contributed by atoms with E-state index in [2.05, 4.69) is 29.3 Å². The summed E-state index contributed by atoms with van der Waals surface area (Å²) in [6.07, 6.45) is 3.65. The van der Waals surface area contributed by atoms with Gasteiger partial charge in [-0.3, -0.25) is 0 Å². The molecule has 2 heterocycles. The van der Waals surface area contributed by atoms with Gasteiger partial charge in [-0.2, -0.15) is 5.10 Å². The van der Waals surface area contributed by atoms with E-state index in [1.807, 2.05) is 102 Å². The predicted molar refractivity (Wildman–Crippen MR) is 141 cm³/mol. The van der Waals surface area contributed by atoms with Crippen LogP contribution >= 0.6 is 0 Å². The molecule has 4 aromatic carbocycles. The van der Waals surface area contributed by atoms with Gasteiger partial charge in [0.15, 0.2) is 5.70 Å². The lowest BCUT2D eigenvalue weighted by Gasteiger charge is -2.04. The quantitative estimate of drug-likeness (QED) is 0.218. The van der Waals surface area contributed by atoms with Crippen molar-refractivity contribution in [3.63, 3.8) is 0 Å². The number of nitrogens with zero attached hydrogens (tertiary/aromatic N) is 3. The fraction of sp³-hybridized carbons (Fsp3) is 0. The third-order valence-electron chi connectivity index (χ3n) is 5.96. The molecule has 36 heavy (non-hydrogen) atoms. The molecule has 1 aliphatic rings. The molecule has 172 valence electrons.